The minimum absolute atomic E-state index is 0.0286. The number of aromatic amines is 1. The largest absolute Gasteiger partial charge is 0.469 e. The van der Waals surface area contributed by atoms with Crippen LogP contribution in [0.3, 0.4) is 0 Å². The lowest BCUT2D eigenvalue weighted by Gasteiger charge is -2.10. The predicted octanol–water partition coefficient (Wildman–Crippen LogP) is 0.478. The van der Waals surface area contributed by atoms with Crippen molar-refractivity contribution < 1.29 is 9.53 Å². The fraction of sp³-hybridized carbons (Fsp3) is 0.556. The third kappa shape index (κ3) is 4.26. The zero-order valence-electron chi connectivity index (χ0n) is 8.70. The molecule has 0 aliphatic rings. The summed E-state index contributed by atoms with van der Waals surface area (Å²) in [6.07, 6.45) is 0.324. The Kier molecular flexibility index (Phi) is 4.51. The molecule has 1 atom stereocenters. The first-order chi connectivity index (χ1) is 7.11. The molecule has 6 heteroatoms. The van der Waals surface area contributed by atoms with Crippen LogP contribution in [0.4, 0.5) is 0 Å². The van der Waals surface area contributed by atoms with Gasteiger partial charge < -0.3 is 15.0 Å². The normalized spacial score (nSPS) is 12.4. The third-order valence-electron chi connectivity index (χ3n) is 1.91. The highest BCUT2D eigenvalue weighted by molar-refractivity contribution is 7.07. The van der Waals surface area contributed by atoms with Gasteiger partial charge in [-0.2, -0.15) is 0 Å². The van der Waals surface area contributed by atoms with Gasteiger partial charge >= 0.3 is 10.8 Å². The molecule has 1 unspecified atom stereocenters. The summed E-state index contributed by atoms with van der Waals surface area (Å²) in [5.74, 6) is -0.242. The zero-order valence-corrected chi connectivity index (χ0v) is 9.52. The number of carbonyl (C=O) groups excluding carboxylic acids is 1. The molecule has 0 amide bonds. The summed E-state index contributed by atoms with van der Waals surface area (Å²) >= 11 is 1.13. The number of rotatable bonds is 5. The molecule has 1 rings (SSSR count). The molecule has 0 spiro atoms. The van der Waals surface area contributed by atoms with Crippen LogP contribution in [0.15, 0.2) is 10.2 Å². The second-order valence-corrected chi connectivity index (χ2v) is 4.08. The minimum atomic E-state index is -0.242. The number of ether oxygens (including phenoxy) is 1. The van der Waals surface area contributed by atoms with Crippen molar-refractivity contribution >= 4 is 17.3 Å². The second-order valence-electron chi connectivity index (χ2n) is 3.24. The van der Waals surface area contributed by atoms with Gasteiger partial charge in [0, 0.05) is 23.7 Å². The number of esters is 1. The first-order valence-electron chi connectivity index (χ1n) is 4.58. The summed E-state index contributed by atoms with van der Waals surface area (Å²) in [7, 11) is 1.37. The highest BCUT2D eigenvalue weighted by atomic mass is 32.1. The number of aromatic nitrogens is 1. The summed E-state index contributed by atoms with van der Waals surface area (Å²) in [5.41, 5.74) is 0.835. The molecule has 0 fully saturated rings. The SMILES string of the molecule is COC(=O)CC(C)NCc1csc(=O)[nH]1. The van der Waals surface area contributed by atoms with Gasteiger partial charge in [-0.3, -0.25) is 9.59 Å². The first kappa shape index (κ1) is 11.9. The quantitative estimate of drug-likeness (QED) is 0.722. The molecule has 0 aliphatic heterocycles. The molecule has 84 valence electrons. The van der Waals surface area contributed by atoms with Crippen molar-refractivity contribution in [2.75, 3.05) is 7.11 Å². The van der Waals surface area contributed by atoms with Crippen molar-refractivity contribution in [1.82, 2.24) is 10.3 Å². The van der Waals surface area contributed by atoms with Gasteiger partial charge in [-0.1, -0.05) is 11.3 Å². The van der Waals surface area contributed by atoms with Gasteiger partial charge in [0.05, 0.1) is 13.5 Å². The highest BCUT2D eigenvalue weighted by Crippen LogP contribution is 1.98. The van der Waals surface area contributed by atoms with Gasteiger partial charge in [-0.15, -0.1) is 0 Å². The van der Waals surface area contributed by atoms with Gasteiger partial charge in [0.2, 0.25) is 0 Å². The predicted molar refractivity (Wildman–Crippen MR) is 57.9 cm³/mol. The Balaban J connectivity index is 2.31. The van der Waals surface area contributed by atoms with Gasteiger partial charge in [-0.25, -0.2) is 0 Å². The Morgan fingerprint density at radius 3 is 3.00 bits per heavy atom. The van der Waals surface area contributed by atoms with Gasteiger partial charge in [-0.05, 0) is 6.92 Å². The molecule has 5 nitrogen and oxygen atoms in total. The number of carbonyl (C=O) groups is 1. The fourth-order valence-electron chi connectivity index (χ4n) is 1.09. The molecule has 0 saturated heterocycles. The first-order valence-corrected chi connectivity index (χ1v) is 5.46. The van der Waals surface area contributed by atoms with Crippen molar-refractivity contribution in [2.24, 2.45) is 0 Å². The summed E-state index contributed by atoms with van der Waals surface area (Å²) in [6.45, 7) is 2.44. The van der Waals surface area contributed by atoms with Crippen molar-refractivity contribution in [2.45, 2.75) is 25.9 Å². The fourth-order valence-corrected chi connectivity index (χ4v) is 1.67. The van der Waals surface area contributed by atoms with E-state index in [1.165, 1.54) is 7.11 Å². The Morgan fingerprint density at radius 1 is 1.73 bits per heavy atom. The lowest BCUT2D eigenvalue weighted by Crippen LogP contribution is -2.28. The van der Waals surface area contributed by atoms with E-state index in [4.69, 9.17) is 0 Å². The molecule has 0 aliphatic carbocycles. The molecule has 15 heavy (non-hydrogen) atoms. The van der Waals surface area contributed by atoms with E-state index in [9.17, 15) is 9.59 Å². The van der Waals surface area contributed by atoms with Crippen molar-refractivity contribution in [3.63, 3.8) is 0 Å². The molecule has 0 saturated carbocycles. The summed E-state index contributed by atoms with van der Waals surface area (Å²) in [6, 6.07) is 0.0286. The van der Waals surface area contributed by atoms with E-state index in [0.717, 1.165) is 17.0 Å². The van der Waals surface area contributed by atoms with Crippen LogP contribution < -0.4 is 10.2 Å². The van der Waals surface area contributed by atoms with Crippen molar-refractivity contribution in [3.05, 3.63) is 20.7 Å². The molecular formula is C9H14N2O3S. The third-order valence-corrected chi connectivity index (χ3v) is 2.63. The van der Waals surface area contributed by atoms with Crippen molar-refractivity contribution in [1.29, 1.82) is 0 Å². The number of methoxy groups -OCH3 is 1. The summed E-state index contributed by atoms with van der Waals surface area (Å²) in [5, 5.41) is 4.88. The summed E-state index contributed by atoms with van der Waals surface area (Å²) in [4.78, 5) is 24.4. The molecular weight excluding hydrogens is 216 g/mol. The topological polar surface area (TPSA) is 71.2 Å². The van der Waals surface area contributed by atoms with E-state index in [1.54, 1.807) is 5.38 Å². The van der Waals surface area contributed by atoms with Crippen LogP contribution in [0.1, 0.15) is 19.0 Å². The molecule has 0 bridgehead atoms. The Hall–Kier alpha value is -1.14. The van der Waals surface area contributed by atoms with Crippen LogP contribution in [0.25, 0.3) is 0 Å². The number of nitrogens with one attached hydrogen (secondary N) is 2. The number of H-pyrrole nitrogens is 1. The van der Waals surface area contributed by atoms with Crippen LogP contribution in [-0.4, -0.2) is 24.1 Å². The maximum atomic E-state index is 10.9. The molecule has 0 aromatic carbocycles. The molecule has 2 N–H and O–H groups in total. The molecule has 1 heterocycles. The number of thiazole rings is 1. The van der Waals surface area contributed by atoms with E-state index in [1.807, 2.05) is 6.92 Å². The highest BCUT2D eigenvalue weighted by Gasteiger charge is 2.08. The Morgan fingerprint density at radius 2 is 2.47 bits per heavy atom. The smallest absolute Gasteiger partial charge is 0.307 e. The van der Waals surface area contributed by atoms with Crippen LogP contribution in [0.2, 0.25) is 0 Å². The molecule has 0 radical (unpaired) electrons. The van der Waals surface area contributed by atoms with Crippen LogP contribution in [0.5, 0.6) is 0 Å². The summed E-state index contributed by atoms with van der Waals surface area (Å²) < 4.78 is 4.54. The number of hydrogen-bond acceptors (Lipinski definition) is 5. The lowest BCUT2D eigenvalue weighted by molar-refractivity contribution is -0.141. The van der Waals surface area contributed by atoms with E-state index >= 15 is 0 Å². The number of hydrogen-bond donors (Lipinski definition) is 2. The maximum absolute atomic E-state index is 10.9. The monoisotopic (exact) mass is 230 g/mol. The Bertz CT molecular complexity index is 371. The van der Waals surface area contributed by atoms with E-state index in [2.05, 4.69) is 15.0 Å². The lowest BCUT2D eigenvalue weighted by atomic mass is 10.2. The van der Waals surface area contributed by atoms with Crippen LogP contribution in [0, 0.1) is 0 Å². The maximum Gasteiger partial charge on any atom is 0.307 e. The average Bonchev–Trinajstić information content (AvgIpc) is 2.61. The van der Waals surface area contributed by atoms with E-state index < -0.39 is 0 Å². The van der Waals surface area contributed by atoms with Gasteiger partial charge in [0.25, 0.3) is 0 Å². The minimum Gasteiger partial charge on any atom is -0.469 e. The van der Waals surface area contributed by atoms with Gasteiger partial charge in [0.15, 0.2) is 0 Å². The second kappa shape index (κ2) is 5.67. The molecule has 1 aromatic heterocycles. The zero-order chi connectivity index (χ0) is 11.3. The van der Waals surface area contributed by atoms with Crippen molar-refractivity contribution in [3.8, 4) is 0 Å². The van der Waals surface area contributed by atoms with Gasteiger partial charge in [0.1, 0.15) is 0 Å². The van der Waals surface area contributed by atoms with E-state index in [0.29, 0.717) is 13.0 Å². The van der Waals surface area contributed by atoms with E-state index in [-0.39, 0.29) is 16.9 Å². The van der Waals surface area contributed by atoms with Crippen LogP contribution in [-0.2, 0) is 16.1 Å². The van der Waals surface area contributed by atoms with Crippen LogP contribution >= 0.6 is 11.3 Å². The molecule has 1 aromatic rings. The average molecular weight is 230 g/mol. The standard InChI is InChI=1S/C9H14N2O3S/c1-6(3-8(12)14-2)10-4-7-5-15-9(13)11-7/h5-6,10H,3-4H2,1-2H3,(H,11,13). The Labute approximate surface area is 91.5 Å².